The number of hydrogen-bond acceptors (Lipinski definition) is 7. The van der Waals surface area contributed by atoms with E-state index in [1.54, 1.807) is 6.92 Å². The van der Waals surface area contributed by atoms with Crippen LogP contribution in [-0.4, -0.2) is 71.1 Å². The fraction of sp³-hybridized carbons (Fsp3) is 0.543. The van der Waals surface area contributed by atoms with Gasteiger partial charge >= 0.3 is 5.97 Å². The monoisotopic (exact) mass is 586 g/mol. The second-order valence-electron chi connectivity index (χ2n) is 12.7. The van der Waals surface area contributed by atoms with Crippen molar-refractivity contribution in [3.8, 4) is 11.5 Å². The molecule has 8 heteroatoms. The Hall–Kier alpha value is -3.52. The summed E-state index contributed by atoms with van der Waals surface area (Å²) in [6.07, 6.45) is 5.32. The van der Waals surface area contributed by atoms with E-state index in [-0.39, 0.29) is 47.0 Å². The molecular formula is C35H42N2O6. The molecule has 2 aliphatic carbocycles. The summed E-state index contributed by atoms with van der Waals surface area (Å²) in [4.78, 5) is 54.8. The molecule has 228 valence electrons. The van der Waals surface area contributed by atoms with Crippen molar-refractivity contribution < 1.29 is 28.7 Å². The number of carbonyl (C=O) groups is 4. The molecule has 1 spiro atoms. The van der Waals surface area contributed by atoms with Crippen molar-refractivity contribution >= 4 is 23.4 Å². The van der Waals surface area contributed by atoms with E-state index in [2.05, 4.69) is 11.0 Å². The van der Waals surface area contributed by atoms with Crippen LogP contribution < -0.4 is 9.47 Å². The number of benzene rings is 2. The number of carbonyl (C=O) groups excluding carboxylic acids is 4. The third kappa shape index (κ3) is 5.17. The van der Waals surface area contributed by atoms with Crippen LogP contribution in [-0.2, 0) is 26.2 Å². The van der Waals surface area contributed by atoms with Crippen LogP contribution in [0.4, 0.5) is 0 Å². The highest BCUT2D eigenvalue weighted by molar-refractivity contribution is 5.96. The Kier molecular flexibility index (Phi) is 8.16. The first-order chi connectivity index (χ1) is 20.7. The van der Waals surface area contributed by atoms with Gasteiger partial charge in [-0.3, -0.25) is 24.1 Å². The van der Waals surface area contributed by atoms with Gasteiger partial charge in [0.2, 0.25) is 5.91 Å². The Morgan fingerprint density at radius 1 is 1.02 bits per heavy atom. The van der Waals surface area contributed by atoms with E-state index >= 15 is 0 Å². The molecule has 2 aliphatic heterocycles. The van der Waals surface area contributed by atoms with E-state index in [0.29, 0.717) is 61.8 Å². The zero-order chi connectivity index (χ0) is 30.3. The fourth-order valence-corrected chi connectivity index (χ4v) is 8.69. The number of rotatable bonds is 11. The molecule has 2 aromatic carbocycles. The first-order valence-electron chi connectivity index (χ1n) is 15.9. The molecule has 1 saturated heterocycles. The number of likely N-dealkylation sites (N-methyl/N-ethyl adjacent to an activating group) is 1. The van der Waals surface area contributed by atoms with E-state index in [1.165, 1.54) is 12.5 Å². The standard InChI is InChI=1S/C35H42N2O6/c1-4-37(31(41)13-9-8-12-29(40)24-10-6-5-7-11-24)27-16-15-26-28-20-25-14-17-30(42-23(3)39)33-32(25)35(26,34(27)43-33)18-19-36(28)21-22(2)38/h5-7,10-11,14,17,26-28,34H,4,8-9,12-13,15-16,18-21H2,1-3H3/t26-,27+,28+,34-,35-/m0/s1. The Labute approximate surface area is 253 Å². The number of esters is 1. The third-order valence-corrected chi connectivity index (χ3v) is 10.3. The molecule has 2 fully saturated rings. The number of ketones is 2. The number of nitrogens with zero attached hydrogens (tertiary/aromatic N) is 2. The summed E-state index contributed by atoms with van der Waals surface area (Å²) in [7, 11) is 0. The highest BCUT2D eigenvalue weighted by atomic mass is 16.6. The molecule has 2 bridgehead atoms. The molecule has 6 rings (SSSR count). The average Bonchev–Trinajstić information content (AvgIpc) is 3.34. The van der Waals surface area contributed by atoms with Crippen molar-refractivity contribution in [2.24, 2.45) is 5.92 Å². The topological polar surface area (TPSA) is 93.2 Å². The Morgan fingerprint density at radius 2 is 1.79 bits per heavy atom. The summed E-state index contributed by atoms with van der Waals surface area (Å²) >= 11 is 0. The lowest BCUT2D eigenvalue weighted by molar-refractivity contribution is -0.143. The molecule has 0 unspecified atom stereocenters. The van der Waals surface area contributed by atoms with Crippen molar-refractivity contribution in [2.75, 3.05) is 19.6 Å². The number of hydrogen-bond donors (Lipinski definition) is 0. The molecule has 1 amide bonds. The van der Waals surface area contributed by atoms with Crippen LogP contribution in [0.5, 0.6) is 11.5 Å². The lowest BCUT2D eigenvalue weighted by Gasteiger charge is -2.60. The first kappa shape index (κ1) is 29.5. The molecule has 0 N–H and O–H groups in total. The molecule has 4 aliphatic rings. The zero-order valence-electron chi connectivity index (χ0n) is 25.5. The molecule has 2 aromatic rings. The van der Waals surface area contributed by atoms with E-state index in [9.17, 15) is 19.2 Å². The van der Waals surface area contributed by atoms with Gasteiger partial charge in [-0.15, -0.1) is 0 Å². The molecule has 1 saturated carbocycles. The number of unbranched alkanes of at least 4 members (excludes halogenated alkanes) is 1. The van der Waals surface area contributed by atoms with Crippen LogP contribution in [0.15, 0.2) is 42.5 Å². The minimum atomic E-state index is -0.388. The highest BCUT2D eigenvalue weighted by Crippen LogP contribution is 2.64. The number of Topliss-reactive ketones (excluding diaryl/α,β-unsaturated/α-hetero) is 2. The Balaban J connectivity index is 1.24. The lowest BCUT2D eigenvalue weighted by Crippen LogP contribution is -2.69. The number of ether oxygens (including phenoxy) is 2. The third-order valence-electron chi connectivity index (χ3n) is 10.3. The quantitative estimate of drug-likeness (QED) is 0.160. The summed E-state index contributed by atoms with van der Waals surface area (Å²) in [5, 5.41) is 0. The Morgan fingerprint density at radius 3 is 2.51 bits per heavy atom. The van der Waals surface area contributed by atoms with Crippen LogP contribution in [0.25, 0.3) is 0 Å². The van der Waals surface area contributed by atoms with Gasteiger partial charge in [-0.25, -0.2) is 0 Å². The van der Waals surface area contributed by atoms with Crippen LogP contribution in [0, 0.1) is 5.92 Å². The maximum atomic E-state index is 13.7. The molecule has 2 heterocycles. The fourth-order valence-electron chi connectivity index (χ4n) is 8.69. The molecule has 43 heavy (non-hydrogen) atoms. The first-order valence-corrected chi connectivity index (χ1v) is 15.9. The van der Waals surface area contributed by atoms with Crippen LogP contribution in [0.3, 0.4) is 0 Å². The largest absolute Gasteiger partial charge is 0.483 e. The molecule has 0 radical (unpaired) electrons. The van der Waals surface area contributed by atoms with Crippen molar-refractivity contribution in [2.45, 2.75) is 95.7 Å². The summed E-state index contributed by atoms with van der Waals surface area (Å²) in [5.74, 6) is 1.40. The maximum Gasteiger partial charge on any atom is 0.308 e. The second-order valence-corrected chi connectivity index (χ2v) is 12.7. The average molecular weight is 587 g/mol. The summed E-state index contributed by atoms with van der Waals surface area (Å²) in [6, 6.07) is 13.3. The van der Waals surface area contributed by atoms with Gasteiger partial charge in [0.25, 0.3) is 0 Å². The van der Waals surface area contributed by atoms with Crippen LogP contribution in [0.2, 0.25) is 0 Å². The minimum absolute atomic E-state index is 0.0934. The van der Waals surface area contributed by atoms with E-state index in [1.807, 2.05) is 48.2 Å². The molecular weight excluding hydrogens is 544 g/mol. The maximum absolute atomic E-state index is 13.7. The summed E-state index contributed by atoms with van der Waals surface area (Å²) in [6.45, 7) is 6.90. The number of likely N-dealkylation sites (tertiary alicyclic amines) is 1. The van der Waals surface area contributed by atoms with Gasteiger partial charge in [-0.05, 0) is 76.5 Å². The summed E-state index contributed by atoms with van der Waals surface area (Å²) in [5.41, 5.74) is 2.77. The van der Waals surface area contributed by atoms with Gasteiger partial charge < -0.3 is 14.4 Å². The zero-order valence-corrected chi connectivity index (χ0v) is 25.5. The van der Waals surface area contributed by atoms with Gasteiger partial charge in [0.15, 0.2) is 17.3 Å². The van der Waals surface area contributed by atoms with Gasteiger partial charge in [-0.1, -0.05) is 36.4 Å². The summed E-state index contributed by atoms with van der Waals surface area (Å²) < 4.78 is 12.5. The van der Waals surface area contributed by atoms with Crippen molar-refractivity contribution in [3.05, 3.63) is 59.2 Å². The molecule has 5 atom stereocenters. The normalized spacial score (nSPS) is 26.7. The predicted molar refractivity (Wildman–Crippen MR) is 161 cm³/mol. The van der Waals surface area contributed by atoms with E-state index in [0.717, 1.165) is 37.8 Å². The second kappa shape index (κ2) is 11.9. The van der Waals surface area contributed by atoms with Gasteiger partial charge in [0.05, 0.1) is 12.6 Å². The molecule has 8 nitrogen and oxygen atoms in total. The Bertz CT molecular complexity index is 1420. The number of amides is 1. The minimum Gasteiger partial charge on any atom is -0.483 e. The SMILES string of the molecule is CCN(C(=O)CCCCC(=O)c1ccccc1)[C@@H]1CC[C@H]2[C@H]3Cc4ccc(OC(C)=O)c5c4[C@@]2(CCN3CC(C)=O)[C@H]1O5. The smallest absolute Gasteiger partial charge is 0.308 e. The van der Waals surface area contributed by atoms with Crippen molar-refractivity contribution in [1.29, 1.82) is 0 Å². The van der Waals surface area contributed by atoms with Gasteiger partial charge in [0.1, 0.15) is 11.9 Å². The van der Waals surface area contributed by atoms with E-state index < -0.39 is 0 Å². The highest BCUT2D eigenvalue weighted by Gasteiger charge is 2.66. The number of piperidine rings is 1. The van der Waals surface area contributed by atoms with Crippen LogP contribution >= 0.6 is 0 Å². The molecule has 0 aromatic heterocycles. The van der Waals surface area contributed by atoms with Crippen LogP contribution in [0.1, 0.15) is 87.2 Å². The van der Waals surface area contributed by atoms with Gasteiger partial charge in [-0.2, -0.15) is 0 Å². The lowest BCUT2D eigenvalue weighted by atomic mass is 9.51. The van der Waals surface area contributed by atoms with Crippen molar-refractivity contribution in [1.82, 2.24) is 9.80 Å². The predicted octanol–water partition coefficient (Wildman–Crippen LogP) is 4.90. The van der Waals surface area contributed by atoms with Crippen molar-refractivity contribution in [3.63, 3.8) is 0 Å². The van der Waals surface area contributed by atoms with Gasteiger partial charge in [0, 0.05) is 48.9 Å². The van der Waals surface area contributed by atoms with E-state index in [4.69, 9.17) is 9.47 Å².